The summed E-state index contributed by atoms with van der Waals surface area (Å²) in [5, 5.41) is 0. The van der Waals surface area contributed by atoms with Crippen LogP contribution in [0.3, 0.4) is 0 Å². The summed E-state index contributed by atoms with van der Waals surface area (Å²) in [7, 11) is -3.75. The Morgan fingerprint density at radius 3 is 2.65 bits per heavy atom. The number of nitrogens with one attached hydrogen (secondary N) is 1. The Hall–Kier alpha value is -1.40. The molecule has 0 fully saturated rings. The number of benzene rings is 1. The van der Waals surface area contributed by atoms with Crippen molar-refractivity contribution in [2.45, 2.75) is 33.2 Å². The zero-order chi connectivity index (χ0) is 14.8. The van der Waals surface area contributed by atoms with Crippen molar-refractivity contribution in [2.24, 2.45) is 5.92 Å². The van der Waals surface area contributed by atoms with E-state index in [2.05, 4.69) is 4.72 Å². The molecule has 0 unspecified atom stereocenters. The Morgan fingerprint density at radius 2 is 2.00 bits per heavy atom. The summed E-state index contributed by atoms with van der Waals surface area (Å²) in [5.41, 5.74) is 2.17. The minimum Gasteiger partial charge on any atom is -0.274 e. The van der Waals surface area contributed by atoms with Crippen molar-refractivity contribution < 1.29 is 13.2 Å². The third-order valence-corrected chi connectivity index (χ3v) is 5.18. The zero-order valence-electron chi connectivity index (χ0n) is 11.8. The van der Waals surface area contributed by atoms with Gasteiger partial charge in [0.15, 0.2) is 0 Å². The topological polar surface area (TPSA) is 66.5 Å². The molecule has 5 nitrogen and oxygen atoms in total. The first-order chi connectivity index (χ1) is 9.44. The van der Waals surface area contributed by atoms with Crippen LogP contribution in [0.15, 0.2) is 24.3 Å². The Balaban J connectivity index is 2.11. The van der Waals surface area contributed by atoms with E-state index in [0.29, 0.717) is 25.9 Å². The van der Waals surface area contributed by atoms with E-state index in [-0.39, 0.29) is 5.92 Å². The monoisotopic (exact) mass is 296 g/mol. The maximum absolute atomic E-state index is 12.2. The van der Waals surface area contributed by atoms with Crippen LogP contribution >= 0.6 is 0 Å². The molecule has 20 heavy (non-hydrogen) atoms. The third kappa shape index (κ3) is 3.19. The molecule has 1 aromatic carbocycles. The van der Waals surface area contributed by atoms with Gasteiger partial charge >= 0.3 is 10.2 Å². The van der Waals surface area contributed by atoms with Gasteiger partial charge in [0.2, 0.25) is 5.91 Å². The first-order valence-corrected chi connectivity index (χ1v) is 8.26. The Bertz CT molecular complexity index is 598. The molecule has 0 saturated heterocycles. The van der Waals surface area contributed by atoms with Gasteiger partial charge in [0.1, 0.15) is 0 Å². The number of hydrogen-bond donors (Lipinski definition) is 1. The Labute approximate surface area is 120 Å². The summed E-state index contributed by atoms with van der Waals surface area (Å²) in [6.07, 6.45) is 1.29. The summed E-state index contributed by atoms with van der Waals surface area (Å²) in [4.78, 5) is 11.8. The van der Waals surface area contributed by atoms with Crippen molar-refractivity contribution in [1.29, 1.82) is 0 Å². The predicted octanol–water partition coefficient (Wildman–Crippen LogP) is 1.45. The maximum atomic E-state index is 12.2. The zero-order valence-corrected chi connectivity index (χ0v) is 12.6. The average Bonchev–Trinajstić information content (AvgIpc) is 2.45. The van der Waals surface area contributed by atoms with Crippen LogP contribution in [-0.2, 0) is 28.0 Å². The fourth-order valence-corrected chi connectivity index (χ4v) is 3.38. The molecule has 0 saturated carbocycles. The fraction of sp³-hybridized carbons (Fsp3) is 0.500. The fourth-order valence-electron chi connectivity index (χ4n) is 2.15. The second-order valence-electron chi connectivity index (χ2n) is 5.13. The lowest BCUT2D eigenvalue weighted by Gasteiger charge is -2.28. The molecule has 1 aromatic rings. The molecule has 0 aromatic heterocycles. The molecule has 6 heteroatoms. The van der Waals surface area contributed by atoms with Crippen molar-refractivity contribution in [3.8, 4) is 0 Å². The third-order valence-electron chi connectivity index (χ3n) is 3.73. The van der Waals surface area contributed by atoms with Crippen LogP contribution in [0.1, 0.15) is 31.4 Å². The largest absolute Gasteiger partial charge is 0.304 e. The van der Waals surface area contributed by atoms with Gasteiger partial charge in [0.25, 0.3) is 0 Å². The standard InChI is InChI=1S/C14H20N2O3S/c1-3-11(2)14(17)15-20(18,19)16-9-8-12-6-4-5-7-13(12)10-16/h4-7,11H,3,8-10H2,1-2H3,(H,15,17)/t11-/m0/s1. The first kappa shape index (κ1) is 15.0. The summed E-state index contributed by atoms with van der Waals surface area (Å²) < 4.78 is 27.9. The summed E-state index contributed by atoms with van der Waals surface area (Å²) in [6, 6.07) is 7.78. The van der Waals surface area contributed by atoms with Gasteiger partial charge in [-0.3, -0.25) is 4.79 Å². The lowest BCUT2D eigenvalue weighted by atomic mass is 10.0. The molecule has 1 N–H and O–H groups in total. The van der Waals surface area contributed by atoms with E-state index in [1.54, 1.807) is 6.92 Å². The SMILES string of the molecule is CC[C@H](C)C(=O)NS(=O)(=O)N1CCc2ccccc2C1. The van der Waals surface area contributed by atoms with Crippen molar-refractivity contribution in [3.05, 3.63) is 35.4 Å². The molecule has 0 radical (unpaired) electrons. The highest BCUT2D eigenvalue weighted by molar-refractivity contribution is 7.87. The second-order valence-corrected chi connectivity index (χ2v) is 6.80. The van der Waals surface area contributed by atoms with E-state index in [4.69, 9.17) is 0 Å². The van der Waals surface area contributed by atoms with Gasteiger partial charge in [0.05, 0.1) is 0 Å². The number of nitrogens with zero attached hydrogens (tertiary/aromatic N) is 1. The first-order valence-electron chi connectivity index (χ1n) is 6.82. The number of hydrogen-bond acceptors (Lipinski definition) is 3. The normalized spacial score (nSPS) is 17.3. The highest BCUT2D eigenvalue weighted by Gasteiger charge is 2.28. The number of rotatable bonds is 4. The van der Waals surface area contributed by atoms with Crippen LogP contribution in [0.2, 0.25) is 0 Å². The quantitative estimate of drug-likeness (QED) is 0.914. The van der Waals surface area contributed by atoms with E-state index in [1.165, 1.54) is 9.87 Å². The van der Waals surface area contributed by atoms with Crippen molar-refractivity contribution in [1.82, 2.24) is 9.03 Å². The van der Waals surface area contributed by atoms with Crippen LogP contribution in [0.5, 0.6) is 0 Å². The van der Waals surface area contributed by atoms with Crippen LogP contribution in [0, 0.1) is 5.92 Å². The molecule has 110 valence electrons. The maximum Gasteiger partial charge on any atom is 0.304 e. The molecule has 2 rings (SSSR count). The summed E-state index contributed by atoms with van der Waals surface area (Å²) in [6.45, 7) is 4.30. The van der Waals surface area contributed by atoms with Gasteiger partial charge in [-0.15, -0.1) is 0 Å². The molecule has 1 atom stereocenters. The summed E-state index contributed by atoms with van der Waals surface area (Å²) >= 11 is 0. The molecule has 1 amide bonds. The van der Waals surface area contributed by atoms with E-state index in [1.807, 2.05) is 31.2 Å². The lowest BCUT2D eigenvalue weighted by Crippen LogP contribution is -2.46. The Morgan fingerprint density at radius 1 is 1.35 bits per heavy atom. The minimum atomic E-state index is -3.75. The van der Waals surface area contributed by atoms with E-state index >= 15 is 0 Å². The number of amides is 1. The van der Waals surface area contributed by atoms with Gasteiger partial charge in [-0.05, 0) is 24.0 Å². The van der Waals surface area contributed by atoms with Gasteiger partial charge in [-0.2, -0.15) is 12.7 Å². The molecule has 1 aliphatic heterocycles. The predicted molar refractivity (Wildman–Crippen MR) is 77.1 cm³/mol. The minimum absolute atomic E-state index is 0.304. The van der Waals surface area contributed by atoms with Crippen LogP contribution < -0.4 is 4.72 Å². The van der Waals surface area contributed by atoms with Gasteiger partial charge in [0, 0.05) is 19.0 Å². The van der Waals surface area contributed by atoms with Crippen LogP contribution in [0.25, 0.3) is 0 Å². The highest BCUT2D eigenvalue weighted by Crippen LogP contribution is 2.20. The van der Waals surface area contributed by atoms with Crippen LogP contribution in [-0.4, -0.2) is 25.2 Å². The smallest absolute Gasteiger partial charge is 0.274 e. The van der Waals surface area contributed by atoms with Crippen LogP contribution in [0.4, 0.5) is 0 Å². The molecular formula is C14H20N2O3S. The van der Waals surface area contributed by atoms with Gasteiger partial charge in [-0.25, -0.2) is 4.72 Å². The van der Waals surface area contributed by atoms with Crippen molar-refractivity contribution >= 4 is 16.1 Å². The molecular weight excluding hydrogens is 276 g/mol. The molecule has 0 spiro atoms. The van der Waals surface area contributed by atoms with Crippen molar-refractivity contribution in [3.63, 3.8) is 0 Å². The second kappa shape index (κ2) is 5.93. The highest BCUT2D eigenvalue weighted by atomic mass is 32.2. The number of carbonyl (C=O) groups excluding carboxylic acids is 1. The molecule has 0 bridgehead atoms. The van der Waals surface area contributed by atoms with Gasteiger partial charge in [-0.1, -0.05) is 38.1 Å². The summed E-state index contributed by atoms with van der Waals surface area (Å²) in [5.74, 6) is -0.742. The van der Waals surface area contributed by atoms with E-state index in [0.717, 1.165) is 5.56 Å². The molecule has 0 aliphatic carbocycles. The van der Waals surface area contributed by atoms with E-state index in [9.17, 15) is 13.2 Å². The van der Waals surface area contributed by atoms with Crippen molar-refractivity contribution in [2.75, 3.05) is 6.54 Å². The average molecular weight is 296 g/mol. The number of fused-ring (bicyclic) bond motifs is 1. The molecule has 1 aliphatic rings. The van der Waals surface area contributed by atoms with Gasteiger partial charge < -0.3 is 0 Å². The Kier molecular flexibility index (Phi) is 4.45. The van der Waals surface area contributed by atoms with E-state index < -0.39 is 16.1 Å². The molecule has 1 heterocycles. The lowest BCUT2D eigenvalue weighted by molar-refractivity contribution is -0.122. The number of carbonyl (C=O) groups is 1.